The monoisotopic (exact) mass is 470 g/mol. The van der Waals surface area contributed by atoms with Crippen LogP contribution in [-0.4, -0.2) is 22.0 Å². The predicted molar refractivity (Wildman–Crippen MR) is 119 cm³/mol. The van der Waals surface area contributed by atoms with Crippen molar-refractivity contribution in [3.8, 4) is 11.1 Å². The zero-order valence-corrected chi connectivity index (χ0v) is 17.8. The standard InChI is InChI=1S/C24H17F3N2O3S/c25-24(26,27)18-7-4-15(5-8-18)16-6-9-20-19(11-16)29-22(33-20)12-21(30)28-13-14-2-1-3-17(10-14)23(31)32/h1-11H,12-13H2,(H,28,30)(H,31,32). The van der Waals surface area contributed by atoms with E-state index in [9.17, 15) is 22.8 Å². The van der Waals surface area contributed by atoms with E-state index in [0.29, 0.717) is 21.7 Å². The van der Waals surface area contributed by atoms with Gasteiger partial charge in [0.05, 0.1) is 27.8 Å². The number of benzene rings is 3. The lowest BCUT2D eigenvalue weighted by Gasteiger charge is -2.07. The van der Waals surface area contributed by atoms with Crippen molar-refractivity contribution < 1.29 is 27.9 Å². The first kappa shape index (κ1) is 22.5. The number of carboxylic acid groups (broad SMARTS) is 1. The highest BCUT2D eigenvalue weighted by Gasteiger charge is 2.30. The number of aromatic nitrogens is 1. The number of nitrogens with zero attached hydrogens (tertiary/aromatic N) is 1. The van der Waals surface area contributed by atoms with Crippen LogP contribution in [0.4, 0.5) is 13.2 Å². The summed E-state index contributed by atoms with van der Waals surface area (Å²) in [7, 11) is 0. The molecular formula is C24H17F3N2O3S. The molecule has 1 aromatic heterocycles. The summed E-state index contributed by atoms with van der Waals surface area (Å²) in [4.78, 5) is 27.9. The molecule has 1 amide bonds. The predicted octanol–water partition coefficient (Wildman–Crippen LogP) is 5.54. The van der Waals surface area contributed by atoms with Crippen LogP contribution < -0.4 is 5.32 Å². The summed E-state index contributed by atoms with van der Waals surface area (Å²) >= 11 is 1.36. The Morgan fingerprint density at radius 2 is 1.70 bits per heavy atom. The van der Waals surface area contributed by atoms with Crippen LogP contribution >= 0.6 is 11.3 Å². The second kappa shape index (κ2) is 9.03. The van der Waals surface area contributed by atoms with E-state index >= 15 is 0 Å². The van der Waals surface area contributed by atoms with E-state index < -0.39 is 17.7 Å². The second-order valence-corrected chi connectivity index (χ2v) is 8.44. The van der Waals surface area contributed by atoms with Crippen LogP contribution in [0.25, 0.3) is 21.3 Å². The van der Waals surface area contributed by atoms with E-state index in [2.05, 4.69) is 10.3 Å². The van der Waals surface area contributed by atoms with Gasteiger partial charge < -0.3 is 10.4 Å². The number of hydrogen-bond donors (Lipinski definition) is 2. The molecule has 0 aliphatic carbocycles. The number of thiazole rings is 1. The van der Waals surface area contributed by atoms with Gasteiger partial charge in [0.15, 0.2) is 0 Å². The Kier molecular flexibility index (Phi) is 6.15. The molecule has 0 bridgehead atoms. The molecule has 1 heterocycles. The maximum Gasteiger partial charge on any atom is 0.416 e. The first-order chi connectivity index (χ1) is 15.7. The number of halogens is 3. The molecule has 0 aliphatic rings. The molecule has 33 heavy (non-hydrogen) atoms. The molecule has 0 spiro atoms. The number of rotatable bonds is 6. The second-order valence-electron chi connectivity index (χ2n) is 7.32. The smallest absolute Gasteiger partial charge is 0.416 e. The number of carbonyl (C=O) groups excluding carboxylic acids is 1. The molecule has 3 aromatic carbocycles. The largest absolute Gasteiger partial charge is 0.478 e. The van der Waals surface area contributed by atoms with Crippen LogP contribution in [-0.2, 0) is 23.9 Å². The third-order valence-corrected chi connectivity index (χ3v) is 5.99. The van der Waals surface area contributed by atoms with Crippen molar-refractivity contribution in [2.24, 2.45) is 0 Å². The summed E-state index contributed by atoms with van der Waals surface area (Å²) in [6.45, 7) is 0.197. The maximum atomic E-state index is 12.8. The molecule has 0 unspecified atom stereocenters. The van der Waals surface area contributed by atoms with Gasteiger partial charge in [0.1, 0.15) is 5.01 Å². The number of fused-ring (bicyclic) bond motifs is 1. The van der Waals surface area contributed by atoms with Crippen LogP contribution in [0.5, 0.6) is 0 Å². The summed E-state index contributed by atoms with van der Waals surface area (Å²) in [5.74, 6) is -1.29. The molecule has 4 rings (SSSR count). The summed E-state index contributed by atoms with van der Waals surface area (Å²) in [5, 5.41) is 12.4. The summed E-state index contributed by atoms with van der Waals surface area (Å²) in [6, 6.07) is 16.7. The van der Waals surface area contributed by atoms with Crippen molar-refractivity contribution in [1.29, 1.82) is 0 Å². The molecular weight excluding hydrogens is 453 g/mol. The van der Waals surface area contributed by atoms with Gasteiger partial charge in [-0.1, -0.05) is 30.3 Å². The van der Waals surface area contributed by atoms with Crippen molar-refractivity contribution in [1.82, 2.24) is 10.3 Å². The zero-order valence-electron chi connectivity index (χ0n) is 17.0. The fourth-order valence-electron chi connectivity index (χ4n) is 3.30. The van der Waals surface area contributed by atoms with Gasteiger partial charge in [-0.15, -0.1) is 11.3 Å². The molecule has 168 valence electrons. The Morgan fingerprint density at radius 3 is 2.39 bits per heavy atom. The zero-order chi connectivity index (χ0) is 23.6. The number of carboxylic acids is 1. The SMILES string of the molecule is O=C(Cc1nc2cc(-c3ccc(C(F)(F)F)cc3)ccc2s1)NCc1cccc(C(=O)O)c1. The minimum atomic E-state index is -4.38. The minimum absolute atomic E-state index is 0.0631. The molecule has 0 radical (unpaired) electrons. The average molecular weight is 470 g/mol. The van der Waals surface area contributed by atoms with Crippen molar-refractivity contribution in [2.45, 2.75) is 19.1 Å². The number of nitrogens with one attached hydrogen (secondary N) is 1. The highest BCUT2D eigenvalue weighted by atomic mass is 32.1. The van der Waals surface area contributed by atoms with Gasteiger partial charge >= 0.3 is 12.1 Å². The number of aromatic carboxylic acids is 1. The van der Waals surface area contributed by atoms with Crippen molar-refractivity contribution >= 4 is 33.4 Å². The van der Waals surface area contributed by atoms with Gasteiger partial charge in [-0.3, -0.25) is 4.79 Å². The lowest BCUT2D eigenvalue weighted by atomic mass is 10.0. The van der Waals surface area contributed by atoms with Gasteiger partial charge in [-0.05, 0) is 53.1 Å². The van der Waals surface area contributed by atoms with Gasteiger partial charge in [0.25, 0.3) is 0 Å². The normalized spacial score (nSPS) is 11.5. The van der Waals surface area contributed by atoms with E-state index in [1.54, 1.807) is 18.2 Å². The summed E-state index contributed by atoms with van der Waals surface area (Å²) < 4.78 is 39.2. The summed E-state index contributed by atoms with van der Waals surface area (Å²) in [5.41, 5.74) is 2.15. The molecule has 9 heteroatoms. The summed E-state index contributed by atoms with van der Waals surface area (Å²) in [6.07, 6.45) is -4.32. The Morgan fingerprint density at radius 1 is 0.970 bits per heavy atom. The van der Waals surface area contributed by atoms with Gasteiger partial charge in [0.2, 0.25) is 5.91 Å². The first-order valence-corrected chi connectivity index (χ1v) is 10.7. The van der Waals surface area contributed by atoms with E-state index in [0.717, 1.165) is 22.4 Å². The fourth-order valence-corrected chi connectivity index (χ4v) is 4.24. The van der Waals surface area contributed by atoms with E-state index in [-0.39, 0.29) is 24.4 Å². The fraction of sp³-hybridized carbons (Fsp3) is 0.125. The van der Waals surface area contributed by atoms with Crippen LogP contribution in [0.1, 0.15) is 26.5 Å². The first-order valence-electron chi connectivity index (χ1n) is 9.85. The van der Waals surface area contributed by atoms with E-state index in [1.807, 2.05) is 12.1 Å². The Hall–Kier alpha value is -3.72. The molecule has 0 fully saturated rings. The lowest BCUT2D eigenvalue weighted by Crippen LogP contribution is -2.24. The highest BCUT2D eigenvalue weighted by molar-refractivity contribution is 7.18. The van der Waals surface area contributed by atoms with Crippen LogP contribution in [0.2, 0.25) is 0 Å². The number of alkyl halides is 3. The topological polar surface area (TPSA) is 79.3 Å². The molecule has 2 N–H and O–H groups in total. The molecule has 5 nitrogen and oxygen atoms in total. The quantitative estimate of drug-likeness (QED) is 0.388. The molecule has 0 saturated heterocycles. The van der Waals surface area contributed by atoms with Crippen LogP contribution in [0.15, 0.2) is 66.7 Å². The third-order valence-electron chi connectivity index (χ3n) is 4.95. The third kappa shape index (κ3) is 5.38. The maximum absolute atomic E-state index is 12.8. The lowest BCUT2D eigenvalue weighted by molar-refractivity contribution is -0.137. The number of carbonyl (C=O) groups is 2. The Bertz CT molecular complexity index is 1330. The molecule has 4 aromatic rings. The number of hydrogen-bond acceptors (Lipinski definition) is 4. The van der Waals surface area contributed by atoms with Gasteiger partial charge in [-0.2, -0.15) is 13.2 Å². The number of amides is 1. The van der Waals surface area contributed by atoms with Crippen molar-refractivity contribution in [3.05, 3.63) is 88.4 Å². The Balaban J connectivity index is 1.43. The van der Waals surface area contributed by atoms with Crippen LogP contribution in [0, 0.1) is 0 Å². The molecule has 0 atom stereocenters. The van der Waals surface area contributed by atoms with Crippen molar-refractivity contribution in [2.75, 3.05) is 0 Å². The average Bonchev–Trinajstić information content (AvgIpc) is 3.18. The molecule has 0 saturated carbocycles. The van der Waals surface area contributed by atoms with E-state index in [1.165, 1.54) is 35.6 Å². The highest BCUT2D eigenvalue weighted by Crippen LogP contribution is 2.32. The van der Waals surface area contributed by atoms with Crippen LogP contribution in [0.3, 0.4) is 0 Å². The van der Waals surface area contributed by atoms with Gasteiger partial charge in [-0.25, -0.2) is 9.78 Å². The van der Waals surface area contributed by atoms with Gasteiger partial charge in [0, 0.05) is 6.54 Å². The van der Waals surface area contributed by atoms with Crippen molar-refractivity contribution in [3.63, 3.8) is 0 Å². The minimum Gasteiger partial charge on any atom is -0.478 e. The van der Waals surface area contributed by atoms with E-state index in [4.69, 9.17) is 5.11 Å². The Labute approximate surface area is 190 Å². The molecule has 0 aliphatic heterocycles.